The van der Waals surface area contributed by atoms with Crippen molar-refractivity contribution in [2.45, 2.75) is 25.8 Å². The van der Waals surface area contributed by atoms with E-state index in [1.165, 1.54) is 20.3 Å². The fourth-order valence-electron chi connectivity index (χ4n) is 2.11. The Morgan fingerprint density at radius 1 is 1.00 bits per heavy atom. The van der Waals surface area contributed by atoms with Gasteiger partial charge in [0.2, 0.25) is 0 Å². The van der Waals surface area contributed by atoms with Gasteiger partial charge in [-0.1, -0.05) is 43.3 Å². The van der Waals surface area contributed by atoms with Crippen molar-refractivity contribution in [2.24, 2.45) is 5.84 Å². The van der Waals surface area contributed by atoms with E-state index in [-0.39, 0.29) is 6.04 Å². The first-order valence-corrected chi connectivity index (χ1v) is 7.60. The van der Waals surface area contributed by atoms with Crippen molar-refractivity contribution in [1.29, 1.82) is 0 Å². The highest BCUT2D eigenvalue weighted by atomic mass is 127. The van der Waals surface area contributed by atoms with Crippen LogP contribution < -0.4 is 11.3 Å². The zero-order chi connectivity index (χ0) is 13.7. The molecule has 3 heteroatoms. The molecule has 0 bridgehead atoms. The van der Waals surface area contributed by atoms with Crippen LogP contribution in [0.15, 0.2) is 48.5 Å². The van der Waals surface area contributed by atoms with E-state index >= 15 is 0 Å². The van der Waals surface area contributed by atoms with Crippen LogP contribution in [0.3, 0.4) is 0 Å². The van der Waals surface area contributed by atoms with Gasteiger partial charge in [0, 0.05) is 9.61 Å². The Labute approximate surface area is 128 Å². The largest absolute Gasteiger partial charge is 0.271 e. The lowest BCUT2D eigenvalue weighted by molar-refractivity contribution is 0.552. The molecule has 0 aliphatic rings. The molecule has 1 atom stereocenters. The van der Waals surface area contributed by atoms with Crippen LogP contribution in [0.25, 0.3) is 0 Å². The van der Waals surface area contributed by atoms with Crippen molar-refractivity contribution >= 4 is 22.6 Å². The molecule has 1 unspecified atom stereocenters. The monoisotopic (exact) mass is 366 g/mol. The molecule has 0 heterocycles. The van der Waals surface area contributed by atoms with E-state index in [1.54, 1.807) is 0 Å². The van der Waals surface area contributed by atoms with Gasteiger partial charge < -0.3 is 0 Å². The fraction of sp³-hybridized carbons (Fsp3) is 0.250. The Balaban J connectivity index is 2.12. The minimum atomic E-state index is 0.158. The van der Waals surface area contributed by atoms with Gasteiger partial charge >= 0.3 is 0 Å². The normalized spacial score (nSPS) is 12.4. The molecule has 0 saturated heterocycles. The highest BCUT2D eigenvalue weighted by Crippen LogP contribution is 2.19. The standard InChI is InChI=1S/C16H19IN2/c1-2-12-3-7-14(8-4-12)16(19-18)11-13-5-9-15(17)10-6-13/h3-10,16,19H,2,11,18H2,1H3. The molecule has 0 aromatic heterocycles. The minimum Gasteiger partial charge on any atom is -0.271 e. The first-order chi connectivity index (χ1) is 9.22. The highest BCUT2D eigenvalue weighted by molar-refractivity contribution is 14.1. The maximum Gasteiger partial charge on any atom is 0.0500 e. The topological polar surface area (TPSA) is 38.0 Å². The fourth-order valence-corrected chi connectivity index (χ4v) is 2.47. The molecule has 2 rings (SSSR count). The van der Waals surface area contributed by atoms with E-state index < -0.39 is 0 Å². The Kier molecular flexibility index (Phi) is 5.36. The second-order valence-electron chi connectivity index (χ2n) is 4.64. The number of halogens is 1. The van der Waals surface area contributed by atoms with Gasteiger partial charge in [0.05, 0.1) is 0 Å². The Bertz CT molecular complexity index is 505. The van der Waals surface area contributed by atoms with Gasteiger partial charge in [-0.05, 0) is 64.3 Å². The lowest BCUT2D eigenvalue weighted by atomic mass is 9.98. The van der Waals surface area contributed by atoms with Crippen molar-refractivity contribution in [3.8, 4) is 0 Å². The summed E-state index contributed by atoms with van der Waals surface area (Å²) >= 11 is 2.32. The maximum atomic E-state index is 5.70. The van der Waals surface area contributed by atoms with Crippen LogP contribution in [-0.4, -0.2) is 0 Å². The van der Waals surface area contributed by atoms with E-state index in [1.807, 2.05) is 0 Å². The summed E-state index contributed by atoms with van der Waals surface area (Å²) in [6, 6.07) is 17.4. The van der Waals surface area contributed by atoms with Crippen LogP contribution in [0.4, 0.5) is 0 Å². The summed E-state index contributed by atoms with van der Waals surface area (Å²) in [5.74, 6) is 5.70. The summed E-state index contributed by atoms with van der Waals surface area (Å²) in [5.41, 5.74) is 6.80. The number of hydrogen-bond acceptors (Lipinski definition) is 2. The average Bonchev–Trinajstić information content (AvgIpc) is 2.47. The number of nitrogens with one attached hydrogen (secondary N) is 1. The molecular weight excluding hydrogens is 347 g/mol. The van der Waals surface area contributed by atoms with Crippen LogP contribution in [0.5, 0.6) is 0 Å². The number of benzene rings is 2. The molecule has 0 aliphatic carbocycles. The Hall–Kier alpha value is -0.910. The first kappa shape index (κ1) is 14.5. The van der Waals surface area contributed by atoms with Gasteiger partial charge in [-0.2, -0.15) is 0 Å². The summed E-state index contributed by atoms with van der Waals surface area (Å²) in [6.07, 6.45) is 1.97. The Morgan fingerprint density at radius 2 is 1.58 bits per heavy atom. The molecule has 100 valence electrons. The molecule has 0 radical (unpaired) electrons. The molecule has 0 amide bonds. The number of rotatable bonds is 5. The lowest BCUT2D eigenvalue weighted by Crippen LogP contribution is -2.29. The van der Waals surface area contributed by atoms with Crippen molar-refractivity contribution in [3.63, 3.8) is 0 Å². The van der Waals surface area contributed by atoms with Crippen LogP contribution >= 0.6 is 22.6 Å². The zero-order valence-corrected chi connectivity index (χ0v) is 13.2. The summed E-state index contributed by atoms with van der Waals surface area (Å²) in [7, 11) is 0. The molecule has 2 aromatic rings. The smallest absolute Gasteiger partial charge is 0.0500 e. The summed E-state index contributed by atoms with van der Waals surface area (Å²) in [4.78, 5) is 0. The summed E-state index contributed by atoms with van der Waals surface area (Å²) < 4.78 is 1.26. The van der Waals surface area contributed by atoms with Gasteiger partial charge in [-0.25, -0.2) is 0 Å². The molecule has 2 nitrogen and oxygen atoms in total. The molecule has 0 aliphatic heterocycles. The molecular formula is C16H19IN2. The SMILES string of the molecule is CCc1ccc(C(Cc2ccc(I)cc2)NN)cc1. The third-order valence-electron chi connectivity index (χ3n) is 3.34. The maximum absolute atomic E-state index is 5.70. The van der Waals surface area contributed by atoms with Gasteiger partial charge in [0.25, 0.3) is 0 Å². The first-order valence-electron chi connectivity index (χ1n) is 6.52. The van der Waals surface area contributed by atoms with Gasteiger partial charge in [0.15, 0.2) is 0 Å². The molecule has 0 fully saturated rings. The Morgan fingerprint density at radius 3 is 2.11 bits per heavy atom. The molecule has 19 heavy (non-hydrogen) atoms. The predicted molar refractivity (Wildman–Crippen MR) is 88.7 cm³/mol. The average molecular weight is 366 g/mol. The van der Waals surface area contributed by atoms with Gasteiger partial charge in [-0.15, -0.1) is 0 Å². The van der Waals surface area contributed by atoms with Gasteiger partial charge in [0.1, 0.15) is 0 Å². The molecule has 2 aromatic carbocycles. The number of aryl methyl sites for hydroxylation is 1. The lowest BCUT2D eigenvalue weighted by Gasteiger charge is -2.17. The van der Waals surface area contributed by atoms with Crippen LogP contribution in [0, 0.1) is 3.57 Å². The van der Waals surface area contributed by atoms with Crippen molar-refractivity contribution < 1.29 is 0 Å². The summed E-state index contributed by atoms with van der Waals surface area (Å²) in [6.45, 7) is 2.17. The van der Waals surface area contributed by atoms with E-state index in [0.29, 0.717) is 0 Å². The minimum absolute atomic E-state index is 0.158. The van der Waals surface area contributed by atoms with Crippen LogP contribution in [-0.2, 0) is 12.8 Å². The summed E-state index contributed by atoms with van der Waals surface area (Å²) in [5, 5.41) is 0. The van der Waals surface area contributed by atoms with Crippen molar-refractivity contribution in [3.05, 3.63) is 68.8 Å². The molecule has 0 spiro atoms. The number of hydrogen-bond donors (Lipinski definition) is 2. The van der Waals surface area contributed by atoms with E-state index in [0.717, 1.165) is 12.8 Å². The number of hydrazine groups is 1. The molecule has 3 N–H and O–H groups in total. The second kappa shape index (κ2) is 7.03. The third kappa shape index (κ3) is 4.03. The predicted octanol–water partition coefficient (Wildman–Crippen LogP) is 3.60. The highest BCUT2D eigenvalue weighted by Gasteiger charge is 2.10. The second-order valence-corrected chi connectivity index (χ2v) is 5.89. The number of nitrogens with two attached hydrogens (primary N) is 1. The van der Waals surface area contributed by atoms with E-state index in [2.05, 4.69) is 83.5 Å². The molecule has 0 saturated carbocycles. The van der Waals surface area contributed by atoms with E-state index in [9.17, 15) is 0 Å². The third-order valence-corrected chi connectivity index (χ3v) is 4.06. The quantitative estimate of drug-likeness (QED) is 0.482. The van der Waals surface area contributed by atoms with Crippen LogP contribution in [0.2, 0.25) is 0 Å². The van der Waals surface area contributed by atoms with Gasteiger partial charge in [-0.3, -0.25) is 11.3 Å². The van der Waals surface area contributed by atoms with Crippen LogP contribution in [0.1, 0.15) is 29.7 Å². The zero-order valence-electron chi connectivity index (χ0n) is 11.1. The van der Waals surface area contributed by atoms with E-state index in [4.69, 9.17) is 5.84 Å². The van der Waals surface area contributed by atoms with Crippen molar-refractivity contribution in [1.82, 2.24) is 5.43 Å². The van der Waals surface area contributed by atoms with Crippen molar-refractivity contribution in [2.75, 3.05) is 0 Å².